The fourth-order valence-corrected chi connectivity index (χ4v) is 5.19. The number of aliphatic hydroxyl groups is 1. The average Bonchev–Trinajstić information content (AvgIpc) is 2.82. The molecule has 1 fully saturated rings. The number of anilines is 1. The van der Waals surface area contributed by atoms with Crippen molar-refractivity contribution >= 4 is 22.6 Å². The van der Waals surface area contributed by atoms with Crippen molar-refractivity contribution in [1.82, 2.24) is 4.90 Å². The summed E-state index contributed by atoms with van der Waals surface area (Å²) in [6, 6.07) is 14.4. The van der Waals surface area contributed by atoms with Gasteiger partial charge in [0.05, 0.1) is 5.25 Å². The minimum absolute atomic E-state index is 0.264. The van der Waals surface area contributed by atoms with Crippen LogP contribution in [0.4, 0.5) is 10.1 Å². The average molecular weight is 386 g/mol. The largest absolute Gasteiger partial charge is 0.378 e. The number of amidine groups is 1. The van der Waals surface area contributed by atoms with Crippen LogP contribution in [0, 0.1) is 5.82 Å². The van der Waals surface area contributed by atoms with E-state index in [1.54, 1.807) is 23.9 Å². The molecule has 6 heteroatoms. The molecule has 2 aliphatic heterocycles. The molecule has 2 aliphatic rings. The number of fused-ring (bicyclic) bond motifs is 1. The summed E-state index contributed by atoms with van der Waals surface area (Å²) in [6.45, 7) is 1.54. The first kappa shape index (κ1) is 18.3. The Hall–Kier alpha value is -2.05. The number of benzene rings is 2. The fraction of sp³-hybridized carbons (Fsp3) is 0.381. The lowest BCUT2D eigenvalue weighted by molar-refractivity contribution is -0.0712. The van der Waals surface area contributed by atoms with Crippen LogP contribution in [0.1, 0.15) is 29.2 Å². The smallest absolute Gasteiger partial charge is 0.182 e. The van der Waals surface area contributed by atoms with Gasteiger partial charge in [-0.15, -0.1) is 0 Å². The van der Waals surface area contributed by atoms with Crippen LogP contribution in [-0.2, 0) is 5.72 Å². The molecule has 142 valence electrons. The summed E-state index contributed by atoms with van der Waals surface area (Å²) >= 11 is 1.57. The Morgan fingerprint density at radius 1 is 1.11 bits per heavy atom. The van der Waals surface area contributed by atoms with Gasteiger partial charge in [0.2, 0.25) is 0 Å². The Labute approximate surface area is 163 Å². The van der Waals surface area contributed by atoms with Crippen LogP contribution in [0.15, 0.2) is 53.5 Å². The van der Waals surface area contributed by atoms with E-state index >= 15 is 0 Å². The Bertz CT molecular complexity index is 838. The van der Waals surface area contributed by atoms with Crippen LogP contribution in [0.25, 0.3) is 0 Å². The number of hydrogen-bond acceptors (Lipinski definition) is 5. The lowest BCUT2D eigenvalue weighted by Gasteiger charge is -2.38. The van der Waals surface area contributed by atoms with Crippen molar-refractivity contribution in [3.05, 3.63) is 65.5 Å². The van der Waals surface area contributed by atoms with Crippen LogP contribution < -0.4 is 4.90 Å². The van der Waals surface area contributed by atoms with Crippen LogP contribution in [-0.4, -0.2) is 42.4 Å². The standard InChI is InChI=1S/C21H24FN3OS/c1-24(2)18-11-7-16(8-12-18)21(26)19(15-5-9-17(22)10-6-15)27-20-23-13-3-4-14-25(20)21/h5-12,19,26H,3-4,13-14H2,1-2H3. The molecule has 2 aromatic carbocycles. The van der Waals surface area contributed by atoms with Gasteiger partial charge in [0, 0.05) is 38.4 Å². The molecule has 0 spiro atoms. The van der Waals surface area contributed by atoms with Gasteiger partial charge in [-0.05, 0) is 42.7 Å². The Morgan fingerprint density at radius 2 is 1.81 bits per heavy atom. The van der Waals surface area contributed by atoms with E-state index in [4.69, 9.17) is 4.99 Å². The first-order chi connectivity index (χ1) is 13.0. The lowest BCUT2D eigenvalue weighted by atomic mass is 9.92. The molecule has 27 heavy (non-hydrogen) atoms. The number of nitrogens with zero attached hydrogens (tertiary/aromatic N) is 3. The number of thioether (sulfide) groups is 1. The summed E-state index contributed by atoms with van der Waals surface area (Å²) in [5.41, 5.74) is 1.60. The summed E-state index contributed by atoms with van der Waals surface area (Å²) in [5.74, 6) is -0.271. The van der Waals surface area contributed by atoms with Crippen molar-refractivity contribution in [2.45, 2.75) is 23.8 Å². The molecule has 4 nitrogen and oxygen atoms in total. The Balaban J connectivity index is 1.81. The van der Waals surface area contributed by atoms with Crippen molar-refractivity contribution in [3.63, 3.8) is 0 Å². The molecule has 1 saturated heterocycles. The maximum absolute atomic E-state index is 13.5. The lowest BCUT2D eigenvalue weighted by Crippen LogP contribution is -2.46. The molecule has 0 aromatic heterocycles. The number of halogens is 1. The Morgan fingerprint density at radius 3 is 2.48 bits per heavy atom. The molecule has 4 rings (SSSR count). The second-order valence-corrected chi connectivity index (χ2v) is 8.31. The molecule has 0 saturated carbocycles. The normalized spacial score (nSPS) is 25.0. The van der Waals surface area contributed by atoms with Crippen molar-refractivity contribution < 1.29 is 9.50 Å². The third-order valence-electron chi connectivity index (χ3n) is 5.25. The molecule has 0 aliphatic carbocycles. The fourth-order valence-electron chi connectivity index (χ4n) is 3.73. The number of rotatable bonds is 3. The minimum atomic E-state index is -1.21. The SMILES string of the molecule is CN(C)c1ccc(C2(O)C(c3ccc(F)cc3)SC3=NCCCCN32)cc1. The van der Waals surface area contributed by atoms with Gasteiger partial charge in [-0.2, -0.15) is 0 Å². The predicted octanol–water partition coefficient (Wildman–Crippen LogP) is 3.98. The van der Waals surface area contributed by atoms with E-state index in [1.165, 1.54) is 12.1 Å². The summed E-state index contributed by atoms with van der Waals surface area (Å²) in [6.07, 6.45) is 2.01. The Kier molecular flexibility index (Phi) is 4.86. The van der Waals surface area contributed by atoms with Crippen LogP contribution >= 0.6 is 11.8 Å². The van der Waals surface area contributed by atoms with Gasteiger partial charge in [-0.1, -0.05) is 36.0 Å². The van der Waals surface area contributed by atoms with Gasteiger partial charge in [0.15, 0.2) is 10.9 Å². The molecule has 0 amide bonds. The van der Waals surface area contributed by atoms with Crippen LogP contribution in [0.2, 0.25) is 0 Å². The zero-order chi connectivity index (χ0) is 19.0. The maximum Gasteiger partial charge on any atom is 0.182 e. The van der Waals surface area contributed by atoms with Gasteiger partial charge >= 0.3 is 0 Å². The number of aliphatic imine (C=N–C) groups is 1. The molecule has 2 atom stereocenters. The topological polar surface area (TPSA) is 39.1 Å². The highest BCUT2D eigenvalue weighted by Crippen LogP contribution is 2.54. The van der Waals surface area contributed by atoms with E-state index in [-0.39, 0.29) is 11.1 Å². The van der Waals surface area contributed by atoms with Crippen molar-refractivity contribution in [2.24, 2.45) is 4.99 Å². The molecule has 0 bridgehead atoms. The molecule has 1 N–H and O–H groups in total. The molecule has 0 radical (unpaired) electrons. The predicted molar refractivity (Wildman–Crippen MR) is 110 cm³/mol. The maximum atomic E-state index is 13.5. The summed E-state index contributed by atoms with van der Waals surface area (Å²) < 4.78 is 13.5. The van der Waals surface area contributed by atoms with Gasteiger partial charge in [-0.25, -0.2) is 4.39 Å². The van der Waals surface area contributed by atoms with Crippen LogP contribution in [0.5, 0.6) is 0 Å². The quantitative estimate of drug-likeness (QED) is 0.868. The monoisotopic (exact) mass is 385 g/mol. The number of hydrogen-bond donors (Lipinski definition) is 1. The summed E-state index contributed by atoms with van der Waals surface area (Å²) in [5, 5.41) is 12.6. The van der Waals surface area contributed by atoms with Gasteiger partial charge < -0.3 is 14.9 Å². The molecule has 2 heterocycles. The van der Waals surface area contributed by atoms with E-state index in [2.05, 4.69) is 0 Å². The van der Waals surface area contributed by atoms with Gasteiger partial charge in [-0.3, -0.25) is 4.99 Å². The van der Waals surface area contributed by atoms with E-state index in [9.17, 15) is 9.50 Å². The highest BCUT2D eigenvalue weighted by Gasteiger charge is 2.53. The third kappa shape index (κ3) is 3.21. The highest BCUT2D eigenvalue weighted by molar-refractivity contribution is 8.14. The van der Waals surface area contributed by atoms with Gasteiger partial charge in [0.25, 0.3) is 0 Å². The minimum Gasteiger partial charge on any atom is -0.378 e. The third-order valence-corrected chi connectivity index (χ3v) is 6.65. The summed E-state index contributed by atoms with van der Waals surface area (Å²) in [4.78, 5) is 8.77. The molecule has 2 unspecified atom stereocenters. The van der Waals surface area contributed by atoms with Crippen molar-refractivity contribution in [2.75, 3.05) is 32.1 Å². The van der Waals surface area contributed by atoms with Gasteiger partial charge in [0.1, 0.15) is 5.82 Å². The first-order valence-corrected chi connectivity index (χ1v) is 10.1. The molecular formula is C21H24FN3OS. The van der Waals surface area contributed by atoms with E-state index in [1.807, 2.05) is 48.2 Å². The van der Waals surface area contributed by atoms with E-state index in [0.717, 1.165) is 47.9 Å². The highest BCUT2D eigenvalue weighted by atomic mass is 32.2. The van der Waals surface area contributed by atoms with Crippen LogP contribution in [0.3, 0.4) is 0 Å². The first-order valence-electron chi connectivity index (χ1n) is 9.24. The second kappa shape index (κ2) is 7.17. The zero-order valence-corrected chi connectivity index (χ0v) is 16.4. The molecular weight excluding hydrogens is 361 g/mol. The zero-order valence-electron chi connectivity index (χ0n) is 15.6. The van der Waals surface area contributed by atoms with E-state index < -0.39 is 5.72 Å². The van der Waals surface area contributed by atoms with E-state index in [0.29, 0.717) is 0 Å². The van der Waals surface area contributed by atoms with Crippen molar-refractivity contribution in [1.29, 1.82) is 0 Å². The summed E-state index contributed by atoms with van der Waals surface area (Å²) in [7, 11) is 3.99. The molecule has 2 aromatic rings. The van der Waals surface area contributed by atoms with Crippen molar-refractivity contribution in [3.8, 4) is 0 Å². The second-order valence-electron chi connectivity index (χ2n) is 7.24.